The molecule has 1 aliphatic carbocycles. The van der Waals surface area contributed by atoms with Crippen LogP contribution in [0.25, 0.3) is 5.82 Å². The van der Waals surface area contributed by atoms with Gasteiger partial charge in [0.15, 0.2) is 5.82 Å². The molecule has 0 saturated carbocycles. The van der Waals surface area contributed by atoms with Crippen LogP contribution < -0.4 is 5.73 Å². The molecule has 2 aromatic heterocycles. The minimum atomic E-state index is 0.464. The molecule has 0 fully saturated rings. The highest BCUT2D eigenvalue weighted by Crippen LogP contribution is 2.25. The second-order valence-electron chi connectivity index (χ2n) is 4.64. The maximum Gasteiger partial charge on any atom is 0.158 e. The first kappa shape index (κ1) is 11.7. The lowest BCUT2D eigenvalue weighted by molar-refractivity contribution is 0.800. The SMILES string of the molecule is Cc1nn(-c2nc3c(cc2CN)CCC3)cc1Cl. The molecule has 0 aliphatic heterocycles. The molecule has 2 heterocycles. The second-order valence-corrected chi connectivity index (χ2v) is 5.05. The summed E-state index contributed by atoms with van der Waals surface area (Å²) in [6.45, 7) is 2.35. The maximum atomic E-state index is 6.05. The topological polar surface area (TPSA) is 56.7 Å². The van der Waals surface area contributed by atoms with E-state index in [-0.39, 0.29) is 0 Å². The van der Waals surface area contributed by atoms with Crippen molar-refractivity contribution in [3.05, 3.63) is 39.8 Å². The van der Waals surface area contributed by atoms with Gasteiger partial charge in [0.25, 0.3) is 0 Å². The fourth-order valence-electron chi connectivity index (χ4n) is 2.40. The van der Waals surface area contributed by atoms with Crippen LogP contribution in [-0.2, 0) is 19.4 Å². The molecule has 0 amide bonds. The van der Waals surface area contributed by atoms with Crippen molar-refractivity contribution in [3.8, 4) is 5.82 Å². The van der Waals surface area contributed by atoms with E-state index in [0.717, 1.165) is 29.9 Å². The van der Waals surface area contributed by atoms with Crippen LogP contribution in [0, 0.1) is 6.92 Å². The molecule has 3 rings (SSSR count). The van der Waals surface area contributed by atoms with Gasteiger partial charge in [0.2, 0.25) is 0 Å². The zero-order chi connectivity index (χ0) is 12.7. The van der Waals surface area contributed by atoms with Crippen molar-refractivity contribution in [2.24, 2.45) is 5.73 Å². The van der Waals surface area contributed by atoms with E-state index in [4.69, 9.17) is 22.3 Å². The molecule has 0 atom stereocenters. The standard InChI is InChI=1S/C13H15ClN4/c1-8-11(14)7-18(17-8)13-10(6-15)5-9-3-2-4-12(9)16-13/h5,7H,2-4,6,15H2,1H3. The Morgan fingerprint density at radius 2 is 2.28 bits per heavy atom. The van der Waals surface area contributed by atoms with Gasteiger partial charge in [-0.2, -0.15) is 5.10 Å². The summed E-state index contributed by atoms with van der Waals surface area (Å²) in [5.41, 5.74) is 10.1. The summed E-state index contributed by atoms with van der Waals surface area (Å²) in [7, 11) is 0. The summed E-state index contributed by atoms with van der Waals surface area (Å²) in [5, 5.41) is 5.03. The van der Waals surface area contributed by atoms with E-state index in [2.05, 4.69) is 11.2 Å². The fraction of sp³-hybridized carbons (Fsp3) is 0.385. The van der Waals surface area contributed by atoms with Gasteiger partial charge >= 0.3 is 0 Å². The highest BCUT2D eigenvalue weighted by Gasteiger charge is 2.17. The average molecular weight is 263 g/mol. The number of halogens is 1. The number of aryl methyl sites for hydroxylation is 3. The Kier molecular flexibility index (Phi) is 2.84. The van der Waals surface area contributed by atoms with Gasteiger partial charge in [0.05, 0.1) is 16.9 Å². The molecular weight excluding hydrogens is 248 g/mol. The van der Waals surface area contributed by atoms with Crippen LogP contribution in [-0.4, -0.2) is 14.8 Å². The lowest BCUT2D eigenvalue weighted by Gasteiger charge is -2.09. The van der Waals surface area contributed by atoms with Crippen molar-refractivity contribution in [2.45, 2.75) is 32.7 Å². The van der Waals surface area contributed by atoms with Gasteiger partial charge in [-0.25, -0.2) is 9.67 Å². The molecular formula is C13H15ClN4. The predicted molar refractivity (Wildman–Crippen MR) is 71.0 cm³/mol. The Labute approximate surface area is 111 Å². The number of rotatable bonds is 2. The molecule has 0 aromatic carbocycles. The number of nitrogens with zero attached hydrogens (tertiary/aromatic N) is 3. The number of nitrogens with two attached hydrogens (primary N) is 1. The molecule has 2 N–H and O–H groups in total. The predicted octanol–water partition coefficient (Wildman–Crippen LogP) is 2.18. The van der Waals surface area contributed by atoms with Gasteiger partial charge in [-0.15, -0.1) is 0 Å². The highest BCUT2D eigenvalue weighted by molar-refractivity contribution is 6.31. The Morgan fingerprint density at radius 1 is 1.44 bits per heavy atom. The third kappa shape index (κ3) is 1.82. The zero-order valence-electron chi connectivity index (χ0n) is 10.3. The van der Waals surface area contributed by atoms with E-state index in [1.807, 2.05) is 6.92 Å². The van der Waals surface area contributed by atoms with Crippen molar-refractivity contribution < 1.29 is 0 Å². The lowest BCUT2D eigenvalue weighted by atomic mass is 10.1. The summed E-state index contributed by atoms with van der Waals surface area (Å²) >= 11 is 6.05. The number of pyridine rings is 1. The van der Waals surface area contributed by atoms with Crippen LogP contribution >= 0.6 is 11.6 Å². The monoisotopic (exact) mass is 262 g/mol. The largest absolute Gasteiger partial charge is 0.326 e. The third-order valence-corrected chi connectivity index (χ3v) is 3.75. The van der Waals surface area contributed by atoms with Crippen molar-refractivity contribution in [2.75, 3.05) is 0 Å². The maximum absolute atomic E-state index is 6.05. The molecule has 2 aromatic rings. The molecule has 1 aliphatic rings. The van der Waals surface area contributed by atoms with E-state index in [9.17, 15) is 0 Å². The first-order chi connectivity index (χ1) is 8.69. The minimum Gasteiger partial charge on any atom is -0.326 e. The zero-order valence-corrected chi connectivity index (χ0v) is 11.0. The summed E-state index contributed by atoms with van der Waals surface area (Å²) in [4.78, 5) is 4.71. The minimum absolute atomic E-state index is 0.464. The normalized spacial score (nSPS) is 13.9. The molecule has 4 nitrogen and oxygen atoms in total. The van der Waals surface area contributed by atoms with Crippen molar-refractivity contribution in [1.29, 1.82) is 0 Å². The Balaban J connectivity index is 2.16. The molecule has 0 bridgehead atoms. The lowest BCUT2D eigenvalue weighted by Crippen LogP contribution is -2.09. The van der Waals surface area contributed by atoms with E-state index < -0.39 is 0 Å². The second kappa shape index (κ2) is 4.37. The molecule has 0 radical (unpaired) electrons. The summed E-state index contributed by atoms with van der Waals surface area (Å²) < 4.78 is 1.73. The van der Waals surface area contributed by atoms with Crippen LogP contribution in [0.4, 0.5) is 0 Å². The van der Waals surface area contributed by atoms with E-state index in [0.29, 0.717) is 11.6 Å². The van der Waals surface area contributed by atoms with Crippen LogP contribution in [0.5, 0.6) is 0 Å². The molecule has 94 valence electrons. The quantitative estimate of drug-likeness (QED) is 0.903. The van der Waals surface area contributed by atoms with Crippen LogP contribution in [0.3, 0.4) is 0 Å². The smallest absolute Gasteiger partial charge is 0.158 e. The Morgan fingerprint density at radius 3 is 2.94 bits per heavy atom. The van der Waals surface area contributed by atoms with E-state index in [1.165, 1.54) is 17.7 Å². The van der Waals surface area contributed by atoms with Crippen molar-refractivity contribution in [1.82, 2.24) is 14.8 Å². The average Bonchev–Trinajstić information content (AvgIpc) is 2.94. The van der Waals surface area contributed by atoms with Gasteiger partial charge in [0.1, 0.15) is 0 Å². The van der Waals surface area contributed by atoms with Gasteiger partial charge in [-0.3, -0.25) is 0 Å². The van der Waals surface area contributed by atoms with E-state index in [1.54, 1.807) is 10.9 Å². The number of hydrogen-bond donors (Lipinski definition) is 1. The van der Waals surface area contributed by atoms with Crippen molar-refractivity contribution >= 4 is 11.6 Å². The van der Waals surface area contributed by atoms with Gasteiger partial charge in [-0.1, -0.05) is 11.6 Å². The Hall–Kier alpha value is -1.39. The fourth-order valence-corrected chi connectivity index (χ4v) is 2.54. The van der Waals surface area contributed by atoms with E-state index >= 15 is 0 Å². The van der Waals surface area contributed by atoms with Crippen LogP contribution in [0.2, 0.25) is 5.02 Å². The molecule has 0 spiro atoms. The first-order valence-electron chi connectivity index (χ1n) is 6.13. The molecule has 0 unspecified atom stereocenters. The first-order valence-corrected chi connectivity index (χ1v) is 6.50. The third-order valence-electron chi connectivity index (χ3n) is 3.38. The summed E-state index contributed by atoms with van der Waals surface area (Å²) in [6, 6.07) is 2.16. The van der Waals surface area contributed by atoms with Gasteiger partial charge in [0, 0.05) is 17.8 Å². The van der Waals surface area contributed by atoms with Gasteiger partial charge in [-0.05, 0) is 37.8 Å². The van der Waals surface area contributed by atoms with Gasteiger partial charge < -0.3 is 5.73 Å². The molecule has 5 heteroatoms. The van der Waals surface area contributed by atoms with Crippen LogP contribution in [0.1, 0.15) is 28.9 Å². The number of fused-ring (bicyclic) bond motifs is 1. The van der Waals surface area contributed by atoms with Crippen LogP contribution in [0.15, 0.2) is 12.3 Å². The summed E-state index contributed by atoms with van der Waals surface area (Å²) in [6.07, 6.45) is 5.12. The van der Waals surface area contributed by atoms with Crippen molar-refractivity contribution in [3.63, 3.8) is 0 Å². The number of hydrogen-bond acceptors (Lipinski definition) is 3. The number of aromatic nitrogens is 3. The Bertz CT molecular complexity index is 584. The molecule has 0 saturated heterocycles. The summed E-state index contributed by atoms with van der Waals surface area (Å²) in [5.74, 6) is 0.813. The molecule has 18 heavy (non-hydrogen) atoms. The highest BCUT2D eigenvalue weighted by atomic mass is 35.5.